The van der Waals surface area contributed by atoms with E-state index in [1.807, 2.05) is 0 Å². The Morgan fingerprint density at radius 1 is 1.42 bits per heavy atom. The second-order valence-corrected chi connectivity index (χ2v) is 3.39. The highest BCUT2D eigenvalue weighted by atomic mass is 16.5. The highest BCUT2D eigenvalue weighted by molar-refractivity contribution is 5.89. The number of rotatable bonds is 3. The molecule has 0 heterocycles. The van der Waals surface area contributed by atoms with Gasteiger partial charge in [0, 0.05) is 7.11 Å². The number of ketones is 1. The molecule has 0 radical (unpaired) electrons. The third-order valence-electron chi connectivity index (χ3n) is 2.75. The number of methoxy groups -OCH3 is 1. The number of Topliss-reactive ketones (excluding diaryl/α,β-unsaturated/α-hetero) is 1. The first-order chi connectivity index (χ1) is 5.75. The Morgan fingerprint density at radius 2 is 2.00 bits per heavy atom. The standard InChI is InChI=1S/C9H17NO2/c1-12-9(8(11)7-10)5-3-2-4-6-9/h2-7,10H2,1H3. The minimum absolute atomic E-state index is 0.0599. The highest BCUT2D eigenvalue weighted by Crippen LogP contribution is 2.31. The molecule has 0 amide bonds. The lowest BCUT2D eigenvalue weighted by Crippen LogP contribution is -2.45. The van der Waals surface area contributed by atoms with Gasteiger partial charge in [-0.25, -0.2) is 0 Å². The molecule has 0 aromatic rings. The van der Waals surface area contributed by atoms with Gasteiger partial charge in [-0.2, -0.15) is 0 Å². The van der Waals surface area contributed by atoms with Crippen molar-refractivity contribution in [1.29, 1.82) is 0 Å². The zero-order valence-corrected chi connectivity index (χ0v) is 7.64. The molecule has 1 fully saturated rings. The smallest absolute Gasteiger partial charge is 0.178 e. The van der Waals surface area contributed by atoms with Gasteiger partial charge in [-0.05, 0) is 12.8 Å². The van der Waals surface area contributed by atoms with E-state index in [1.54, 1.807) is 7.11 Å². The molecule has 0 unspecified atom stereocenters. The van der Waals surface area contributed by atoms with Crippen molar-refractivity contribution >= 4 is 5.78 Å². The van der Waals surface area contributed by atoms with Crippen LogP contribution in [0.1, 0.15) is 32.1 Å². The molecule has 0 bridgehead atoms. The van der Waals surface area contributed by atoms with Crippen molar-refractivity contribution in [2.45, 2.75) is 37.7 Å². The molecule has 1 aliphatic carbocycles. The van der Waals surface area contributed by atoms with E-state index in [0.29, 0.717) is 0 Å². The number of carbonyl (C=O) groups is 1. The topological polar surface area (TPSA) is 52.3 Å². The Bertz CT molecular complexity index is 162. The number of hydrogen-bond acceptors (Lipinski definition) is 3. The first-order valence-corrected chi connectivity index (χ1v) is 4.54. The van der Waals surface area contributed by atoms with Gasteiger partial charge >= 0.3 is 0 Å². The quantitative estimate of drug-likeness (QED) is 0.685. The van der Waals surface area contributed by atoms with Crippen LogP contribution in [-0.4, -0.2) is 25.0 Å². The van der Waals surface area contributed by atoms with Gasteiger partial charge in [-0.3, -0.25) is 4.79 Å². The van der Waals surface area contributed by atoms with Crippen LogP contribution in [0.5, 0.6) is 0 Å². The minimum Gasteiger partial charge on any atom is -0.370 e. The van der Waals surface area contributed by atoms with Gasteiger partial charge in [0.2, 0.25) is 0 Å². The van der Waals surface area contributed by atoms with Crippen LogP contribution in [0, 0.1) is 0 Å². The van der Waals surface area contributed by atoms with Crippen LogP contribution < -0.4 is 5.73 Å². The van der Waals surface area contributed by atoms with E-state index < -0.39 is 5.60 Å². The molecule has 3 heteroatoms. The van der Waals surface area contributed by atoms with E-state index in [0.717, 1.165) is 25.7 Å². The van der Waals surface area contributed by atoms with Crippen LogP contribution in [0.3, 0.4) is 0 Å². The molecule has 0 aromatic heterocycles. The average Bonchev–Trinajstić information content (AvgIpc) is 2.17. The van der Waals surface area contributed by atoms with E-state index in [9.17, 15) is 4.79 Å². The summed E-state index contributed by atoms with van der Waals surface area (Å²) in [5.74, 6) is 0.0599. The summed E-state index contributed by atoms with van der Waals surface area (Å²) in [6.45, 7) is 0.105. The number of hydrogen-bond donors (Lipinski definition) is 1. The van der Waals surface area contributed by atoms with Crippen molar-refractivity contribution in [3.05, 3.63) is 0 Å². The third-order valence-corrected chi connectivity index (χ3v) is 2.75. The molecule has 1 saturated carbocycles. The minimum atomic E-state index is -0.535. The normalized spacial score (nSPS) is 22.2. The average molecular weight is 171 g/mol. The zero-order chi connectivity index (χ0) is 9.03. The van der Waals surface area contributed by atoms with Gasteiger partial charge in [0.05, 0.1) is 6.54 Å². The molecule has 1 aliphatic rings. The lowest BCUT2D eigenvalue weighted by Gasteiger charge is -2.33. The molecule has 0 spiro atoms. The number of nitrogens with two attached hydrogens (primary N) is 1. The fraction of sp³-hybridized carbons (Fsp3) is 0.889. The van der Waals surface area contributed by atoms with Gasteiger partial charge in [-0.1, -0.05) is 19.3 Å². The van der Waals surface area contributed by atoms with Crippen molar-refractivity contribution in [2.24, 2.45) is 5.73 Å². The van der Waals surface area contributed by atoms with Crippen molar-refractivity contribution in [2.75, 3.05) is 13.7 Å². The van der Waals surface area contributed by atoms with Crippen molar-refractivity contribution < 1.29 is 9.53 Å². The van der Waals surface area contributed by atoms with Gasteiger partial charge in [0.15, 0.2) is 5.78 Å². The van der Waals surface area contributed by atoms with E-state index in [4.69, 9.17) is 10.5 Å². The van der Waals surface area contributed by atoms with Crippen LogP contribution in [0.25, 0.3) is 0 Å². The molecule has 0 aromatic carbocycles. The van der Waals surface area contributed by atoms with Crippen LogP contribution in [0.4, 0.5) is 0 Å². The number of carbonyl (C=O) groups excluding carboxylic acids is 1. The van der Waals surface area contributed by atoms with Crippen LogP contribution >= 0.6 is 0 Å². The van der Waals surface area contributed by atoms with Crippen molar-refractivity contribution in [3.63, 3.8) is 0 Å². The molecular formula is C9H17NO2. The lowest BCUT2D eigenvalue weighted by molar-refractivity contribution is -0.143. The van der Waals surface area contributed by atoms with Crippen molar-refractivity contribution in [3.8, 4) is 0 Å². The fourth-order valence-corrected chi connectivity index (χ4v) is 1.91. The lowest BCUT2D eigenvalue weighted by atomic mass is 9.81. The van der Waals surface area contributed by atoms with Gasteiger partial charge in [-0.15, -0.1) is 0 Å². The summed E-state index contributed by atoms with van der Waals surface area (Å²) in [6.07, 6.45) is 5.07. The molecule has 2 N–H and O–H groups in total. The third kappa shape index (κ3) is 1.67. The first kappa shape index (κ1) is 9.68. The summed E-state index contributed by atoms with van der Waals surface area (Å²) in [5.41, 5.74) is 4.80. The molecule has 12 heavy (non-hydrogen) atoms. The van der Waals surface area contributed by atoms with E-state index >= 15 is 0 Å². The number of ether oxygens (including phenoxy) is 1. The summed E-state index contributed by atoms with van der Waals surface area (Å²) in [4.78, 5) is 11.5. The van der Waals surface area contributed by atoms with E-state index in [2.05, 4.69) is 0 Å². The van der Waals surface area contributed by atoms with E-state index in [1.165, 1.54) is 6.42 Å². The molecule has 0 saturated heterocycles. The summed E-state index contributed by atoms with van der Waals surface area (Å²) in [7, 11) is 1.61. The molecular weight excluding hydrogens is 154 g/mol. The largest absolute Gasteiger partial charge is 0.370 e. The molecule has 1 rings (SSSR count). The maximum absolute atomic E-state index is 11.5. The monoisotopic (exact) mass is 171 g/mol. The predicted molar refractivity (Wildman–Crippen MR) is 46.9 cm³/mol. The Morgan fingerprint density at radius 3 is 2.42 bits per heavy atom. The Balaban J connectivity index is 2.66. The SMILES string of the molecule is COC1(C(=O)CN)CCCCC1. The maximum Gasteiger partial charge on any atom is 0.178 e. The molecule has 70 valence electrons. The molecule has 3 nitrogen and oxygen atoms in total. The van der Waals surface area contributed by atoms with Gasteiger partial charge in [0.25, 0.3) is 0 Å². The Kier molecular flexibility index (Phi) is 3.23. The first-order valence-electron chi connectivity index (χ1n) is 4.54. The van der Waals surface area contributed by atoms with Crippen molar-refractivity contribution in [1.82, 2.24) is 0 Å². The summed E-state index contributed by atoms with van der Waals surface area (Å²) in [6, 6.07) is 0. The van der Waals surface area contributed by atoms with E-state index in [-0.39, 0.29) is 12.3 Å². The van der Waals surface area contributed by atoms with Crippen LogP contribution in [0.2, 0.25) is 0 Å². The second kappa shape index (κ2) is 4.01. The predicted octanol–water partition coefficient (Wildman–Crippen LogP) is 0.863. The van der Waals surface area contributed by atoms with Gasteiger partial charge < -0.3 is 10.5 Å². The Hall–Kier alpha value is -0.410. The second-order valence-electron chi connectivity index (χ2n) is 3.39. The van der Waals surface area contributed by atoms with Crippen LogP contribution in [0.15, 0.2) is 0 Å². The molecule has 0 aliphatic heterocycles. The van der Waals surface area contributed by atoms with Crippen LogP contribution in [-0.2, 0) is 9.53 Å². The fourth-order valence-electron chi connectivity index (χ4n) is 1.91. The highest BCUT2D eigenvalue weighted by Gasteiger charge is 2.37. The van der Waals surface area contributed by atoms with Gasteiger partial charge in [0.1, 0.15) is 5.60 Å². The summed E-state index contributed by atoms with van der Waals surface area (Å²) in [5, 5.41) is 0. The molecule has 0 atom stereocenters. The Labute approximate surface area is 73.3 Å². The summed E-state index contributed by atoms with van der Waals surface area (Å²) >= 11 is 0. The maximum atomic E-state index is 11.5. The summed E-state index contributed by atoms with van der Waals surface area (Å²) < 4.78 is 5.30. The zero-order valence-electron chi connectivity index (χ0n) is 7.64.